The van der Waals surface area contributed by atoms with Crippen LogP contribution in [0.1, 0.15) is 34.8 Å². The number of nitrogens with zero attached hydrogens (tertiary/aromatic N) is 2. The summed E-state index contributed by atoms with van der Waals surface area (Å²) in [4.78, 5) is 4.45. The molecule has 2 aromatic carbocycles. The Labute approximate surface area is 175 Å². The second-order valence-electron chi connectivity index (χ2n) is 6.72. The molecule has 0 spiro atoms. The Morgan fingerprint density at radius 1 is 0.600 bits per heavy atom. The molecule has 0 bridgehead atoms. The van der Waals surface area contributed by atoms with Crippen LogP contribution in [0.4, 0.5) is 11.4 Å². The van der Waals surface area contributed by atoms with Crippen molar-refractivity contribution >= 4 is 11.4 Å². The summed E-state index contributed by atoms with van der Waals surface area (Å²) < 4.78 is 0. The third-order valence-electron chi connectivity index (χ3n) is 4.42. The molecule has 0 amide bonds. The van der Waals surface area contributed by atoms with E-state index in [2.05, 4.69) is 94.7 Å². The van der Waals surface area contributed by atoms with Crippen LogP contribution >= 0.6 is 0 Å². The zero-order chi connectivity index (χ0) is 16.7. The molecule has 2 nitrogen and oxygen atoms in total. The monoisotopic (exact) mass is 539 g/mol. The minimum atomic E-state index is 0. The Morgan fingerprint density at radius 2 is 0.880 bits per heavy atom. The van der Waals surface area contributed by atoms with Crippen molar-refractivity contribution in [2.45, 2.75) is 41.5 Å². The molecule has 0 unspecified atom stereocenters. The van der Waals surface area contributed by atoms with E-state index in [1.807, 2.05) is 0 Å². The van der Waals surface area contributed by atoms with Gasteiger partial charge in [0.05, 0.1) is 0 Å². The fourth-order valence-electron chi connectivity index (χ4n) is 3.78. The van der Waals surface area contributed by atoms with Gasteiger partial charge in [0.2, 0.25) is 0 Å². The van der Waals surface area contributed by atoms with Gasteiger partial charge in [-0.25, -0.2) is 0 Å². The van der Waals surface area contributed by atoms with Crippen LogP contribution in [0.2, 0.25) is 0 Å². The van der Waals surface area contributed by atoms with Crippen molar-refractivity contribution in [3.8, 4) is 0 Å². The van der Waals surface area contributed by atoms with Gasteiger partial charge in [0.15, 0.2) is 6.67 Å². The quantitative estimate of drug-likeness (QED) is 0.542. The van der Waals surface area contributed by atoms with Gasteiger partial charge in [-0.1, -0.05) is 35.4 Å². The minimum absolute atomic E-state index is 0. The van der Waals surface area contributed by atoms with Gasteiger partial charge in [0, 0.05) is 25.2 Å². The van der Waals surface area contributed by atoms with Gasteiger partial charge in [0.1, 0.15) is 0 Å². The number of aryl methyl sites for hydroxylation is 6. The predicted molar refractivity (Wildman–Crippen MR) is 102 cm³/mol. The summed E-state index contributed by atoms with van der Waals surface area (Å²) >= 11 is 0. The van der Waals surface area contributed by atoms with E-state index in [1.165, 1.54) is 44.8 Å². The van der Waals surface area contributed by atoms with E-state index in [0.717, 1.165) is 0 Å². The minimum Gasteiger partial charge on any atom is -1.00 e. The Kier molecular flexibility index (Phi) is 7.40. The first-order valence-electron chi connectivity index (χ1n) is 8.12. The smallest absolute Gasteiger partial charge is 1.00 e. The van der Waals surface area contributed by atoms with Crippen molar-refractivity contribution in [2.75, 3.05) is 9.80 Å². The molecule has 1 aliphatic rings. The first-order valence-corrected chi connectivity index (χ1v) is 8.12. The fourth-order valence-corrected chi connectivity index (χ4v) is 3.78. The maximum absolute atomic E-state index is 2.25. The van der Waals surface area contributed by atoms with Crippen molar-refractivity contribution < 1.29 is 36.2 Å². The molecule has 0 saturated heterocycles. The van der Waals surface area contributed by atoms with Crippen LogP contribution in [0.15, 0.2) is 36.7 Å². The van der Waals surface area contributed by atoms with Crippen molar-refractivity contribution in [3.05, 3.63) is 76.7 Å². The summed E-state index contributed by atoms with van der Waals surface area (Å²) in [5, 5.41) is 0. The van der Waals surface area contributed by atoms with Gasteiger partial charge < -0.3 is 22.2 Å². The van der Waals surface area contributed by atoms with Crippen molar-refractivity contribution in [1.82, 2.24) is 0 Å². The maximum atomic E-state index is 2.25. The largest absolute Gasteiger partial charge is 1.00 e. The molecule has 1 radical (unpaired) electrons. The molecule has 0 fully saturated rings. The van der Waals surface area contributed by atoms with E-state index in [-0.39, 0.29) is 36.2 Å². The van der Waals surface area contributed by atoms with Crippen LogP contribution in [-0.4, -0.2) is 0 Å². The predicted octanol–water partition coefficient (Wildman–Crippen LogP) is 2.70. The van der Waals surface area contributed by atoms with Crippen LogP contribution < -0.4 is 22.2 Å². The summed E-state index contributed by atoms with van der Waals surface area (Å²) in [7, 11) is 0. The van der Waals surface area contributed by atoms with Crippen molar-refractivity contribution in [2.24, 2.45) is 0 Å². The number of benzene rings is 2. The maximum Gasteiger partial charge on any atom is 1.00 e. The van der Waals surface area contributed by atoms with E-state index >= 15 is 0 Å². The van der Waals surface area contributed by atoms with E-state index < -0.39 is 0 Å². The molecule has 0 aromatic heterocycles. The summed E-state index contributed by atoms with van der Waals surface area (Å²) in [6, 6.07) is 8.98. The molecular weight excluding hydrogens is 513 g/mol. The molecule has 1 aliphatic heterocycles. The Balaban J connectivity index is 0.00000208. The van der Waals surface area contributed by atoms with Crippen LogP contribution in [0.25, 0.3) is 0 Å². The normalized spacial score (nSPS) is 12.9. The molecule has 0 saturated carbocycles. The van der Waals surface area contributed by atoms with Gasteiger partial charge in [0.25, 0.3) is 0 Å². The topological polar surface area (TPSA) is 6.48 Å². The molecule has 1 heterocycles. The van der Waals surface area contributed by atoms with Crippen LogP contribution in [-0.2, 0) is 22.4 Å². The molecular formula is C21H27AuClN2. The fraction of sp³-hybridized carbons (Fsp3) is 0.286. The summed E-state index contributed by atoms with van der Waals surface area (Å²) in [5.74, 6) is 0. The molecule has 3 rings (SSSR count). The molecule has 2 aromatic rings. The zero-order valence-electron chi connectivity index (χ0n) is 15.6. The van der Waals surface area contributed by atoms with Gasteiger partial charge in [-0.3, -0.25) is 0 Å². The van der Waals surface area contributed by atoms with E-state index in [9.17, 15) is 0 Å². The number of hydrogen-bond donors (Lipinski definition) is 0. The Morgan fingerprint density at radius 3 is 1.16 bits per heavy atom. The summed E-state index contributed by atoms with van der Waals surface area (Å²) in [6.07, 6.45) is 4.28. The van der Waals surface area contributed by atoms with Crippen molar-refractivity contribution in [3.63, 3.8) is 0 Å². The summed E-state index contributed by atoms with van der Waals surface area (Å²) in [6.45, 7) is 15.2. The average molecular weight is 540 g/mol. The van der Waals surface area contributed by atoms with E-state index in [4.69, 9.17) is 0 Å². The molecule has 0 aliphatic carbocycles. The molecule has 0 atom stereocenters. The standard InChI is InChI=1S/C21H25N2.Au.ClH.H2/c1-14-9-16(3)20(17(4)10-14)22-7-8-23(13-22)21-18(5)11-15(2)12-19(21)6;;;/h7-13H,1-6H3;;2*1H/q;+1;;/p-1. The Hall–Kier alpha value is -1.19. The van der Waals surface area contributed by atoms with E-state index in [0.29, 0.717) is 0 Å². The number of hydrogen-bond acceptors (Lipinski definition) is 2. The van der Waals surface area contributed by atoms with Gasteiger partial charge in [-0.05, 0) is 63.8 Å². The molecule has 0 N–H and O–H groups in total. The second kappa shape index (κ2) is 8.46. The number of rotatable bonds is 2. The first-order chi connectivity index (χ1) is 10.9. The van der Waals surface area contributed by atoms with Crippen molar-refractivity contribution in [1.29, 1.82) is 0 Å². The molecule has 25 heavy (non-hydrogen) atoms. The number of anilines is 2. The average Bonchev–Trinajstić information content (AvgIpc) is 2.85. The first kappa shape index (κ1) is 21.9. The van der Waals surface area contributed by atoms with Gasteiger partial charge in [-0.15, -0.1) is 0 Å². The van der Waals surface area contributed by atoms with Gasteiger partial charge in [-0.2, -0.15) is 0 Å². The summed E-state index contributed by atoms with van der Waals surface area (Å²) in [5.41, 5.74) is 10.4. The molecule has 139 valence electrons. The van der Waals surface area contributed by atoms with E-state index in [1.54, 1.807) is 0 Å². The number of halogens is 1. The van der Waals surface area contributed by atoms with Crippen LogP contribution in [0.5, 0.6) is 0 Å². The SMILES string of the molecule is Cc1cc(C)c(N2[CH]N(c3c(C)cc(C)cc3C)C=C2)c(C)c1.[Au+].[Cl-].[HH]. The van der Waals surface area contributed by atoms with Crippen LogP contribution in [0, 0.1) is 48.2 Å². The third kappa shape index (κ3) is 4.32. The van der Waals surface area contributed by atoms with Gasteiger partial charge >= 0.3 is 22.4 Å². The second-order valence-corrected chi connectivity index (χ2v) is 6.72. The molecule has 4 heteroatoms. The third-order valence-corrected chi connectivity index (χ3v) is 4.42. The zero-order valence-corrected chi connectivity index (χ0v) is 18.5. The Bertz CT molecular complexity index is 693. The van der Waals surface area contributed by atoms with Crippen LogP contribution in [0.3, 0.4) is 0 Å².